The van der Waals surface area contributed by atoms with E-state index in [1.54, 1.807) is 31.4 Å². The highest BCUT2D eigenvalue weighted by molar-refractivity contribution is 6.13. The third-order valence-corrected chi connectivity index (χ3v) is 5.12. The van der Waals surface area contributed by atoms with Crippen LogP contribution in [0.25, 0.3) is 33.2 Å². The van der Waals surface area contributed by atoms with Crippen LogP contribution in [0.5, 0.6) is 5.75 Å². The number of aromatic amines is 2. The zero-order valence-electron chi connectivity index (χ0n) is 16.6. The number of carbonyl (C=O) groups is 1. The summed E-state index contributed by atoms with van der Waals surface area (Å²) in [7, 11) is 1.62. The van der Waals surface area contributed by atoms with E-state index in [0.717, 1.165) is 22.2 Å². The Morgan fingerprint density at radius 2 is 1.71 bits per heavy atom. The van der Waals surface area contributed by atoms with Gasteiger partial charge in [0.2, 0.25) is 0 Å². The van der Waals surface area contributed by atoms with E-state index >= 15 is 0 Å². The Labute approximate surface area is 176 Å². The van der Waals surface area contributed by atoms with Crippen LogP contribution in [0.4, 0.5) is 5.69 Å². The van der Waals surface area contributed by atoms with Crippen molar-refractivity contribution in [1.82, 2.24) is 15.0 Å². The molecule has 7 nitrogen and oxygen atoms in total. The van der Waals surface area contributed by atoms with E-state index in [1.807, 2.05) is 48.5 Å². The first kappa shape index (κ1) is 18.6. The minimum Gasteiger partial charge on any atom is -0.497 e. The van der Waals surface area contributed by atoms with Crippen LogP contribution in [0.2, 0.25) is 0 Å². The molecule has 0 fully saturated rings. The third kappa shape index (κ3) is 3.53. The zero-order valence-corrected chi connectivity index (χ0v) is 16.6. The Balaban J connectivity index is 1.56. The van der Waals surface area contributed by atoms with Crippen LogP contribution in [0, 0.1) is 0 Å². The molecule has 2 heterocycles. The van der Waals surface area contributed by atoms with Crippen LogP contribution in [-0.2, 0) is 0 Å². The fourth-order valence-corrected chi connectivity index (χ4v) is 3.58. The van der Waals surface area contributed by atoms with Crippen molar-refractivity contribution >= 4 is 33.5 Å². The van der Waals surface area contributed by atoms with Crippen molar-refractivity contribution in [3.05, 3.63) is 88.8 Å². The van der Waals surface area contributed by atoms with Gasteiger partial charge < -0.3 is 20.0 Å². The number of aromatic nitrogens is 3. The number of methoxy groups -OCH3 is 1. The predicted octanol–water partition coefficient (Wildman–Crippen LogP) is 4.33. The summed E-state index contributed by atoms with van der Waals surface area (Å²) in [6.07, 6.45) is 0. The van der Waals surface area contributed by atoms with E-state index in [0.29, 0.717) is 28.0 Å². The maximum absolute atomic E-state index is 13.2. The zero-order chi connectivity index (χ0) is 21.4. The number of hydrogen-bond donors (Lipinski definition) is 3. The Morgan fingerprint density at radius 3 is 2.52 bits per heavy atom. The highest BCUT2D eigenvalue weighted by atomic mass is 16.5. The number of nitrogens with one attached hydrogen (secondary N) is 3. The van der Waals surface area contributed by atoms with E-state index in [4.69, 9.17) is 9.72 Å². The van der Waals surface area contributed by atoms with Crippen LogP contribution in [0.1, 0.15) is 10.4 Å². The van der Waals surface area contributed by atoms with Crippen molar-refractivity contribution in [2.24, 2.45) is 0 Å². The number of ether oxygens (including phenoxy) is 1. The van der Waals surface area contributed by atoms with Crippen molar-refractivity contribution in [2.45, 2.75) is 0 Å². The molecule has 152 valence electrons. The van der Waals surface area contributed by atoms with Crippen molar-refractivity contribution in [1.29, 1.82) is 0 Å². The van der Waals surface area contributed by atoms with Gasteiger partial charge in [-0.3, -0.25) is 4.79 Å². The summed E-state index contributed by atoms with van der Waals surface area (Å²) in [6.45, 7) is 0. The molecule has 0 bridgehead atoms. The summed E-state index contributed by atoms with van der Waals surface area (Å²) in [5.41, 5.74) is 4.41. The van der Waals surface area contributed by atoms with Crippen molar-refractivity contribution in [3.63, 3.8) is 0 Å². The lowest BCUT2D eigenvalue weighted by Crippen LogP contribution is -2.13. The number of amides is 1. The molecule has 0 atom stereocenters. The lowest BCUT2D eigenvalue weighted by molar-refractivity contribution is 0.102. The molecular weight excluding hydrogens is 392 g/mol. The molecule has 0 unspecified atom stereocenters. The van der Waals surface area contributed by atoms with Gasteiger partial charge in [0.25, 0.3) is 5.91 Å². The number of nitrogens with zero attached hydrogens (tertiary/aromatic N) is 1. The number of benzene rings is 3. The van der Waals surface area contributed by atoms with Crippen LogP contribution < -0.4 is 15.7 Å². The van der Waals surface area contributed by atoms with Gasteiger partial charge in [0.15, 0.2) is 0 Å². The molecule has 31 heavy (non-hydrogen) atoms. The smallest absolute Gasteiger partial charge is 0.323 e. The molecule has 3 aromatic carbocycles. The number of fused-ring (bicyclic) bond motifs is 2. The van der Waals surface area contributed by atoms with Crippen LogP contribution in [0.15, 0.2) is 77.6 Å². The summed E-state index contributed by atoms with van der Waals surface area (Å²) < 4.78 is 5.23. The fraction of sp³-hybridized carbons (Fsp3) is 0.0417. The van der Waals surface area contributed by atoms with E-state index in [2.05, 4.69) is 15.3 Å². The number of H-pyrrole nitrogens is 2. The molecule has 0 radical (unpaired) electrons. The highest BCUT2D eigenvalue weighted by Gasteiger charge is 2.15. The summed E-state index contributed by atoms with van der Waals surface area (Å²) in [4.78, 5) is 34.8. The molecule has 0 aliphatic heterocycles. The first-order valence-corrected chi connectivity index (χ1v) is 9.68. The molecule has 0 spiro atoms. The second-order valence-corrected chi connectivity index (χ2v) is 7.09. The van der Waals surface area contributed by atoms with E-state index < -0.39 is 0 Å². The van der Waals surface area contributed by atoms with Gasteiger partial charge in [-0.2, -0.15) is 0 Å². The highest BCUT2D eigenvalue weighted by Crippen LogP contribution is 2.27. The quantitative estimate of drug-likeness (QED) is 0.410. The predicted molar refractivity (Wildman–Crippen MR) is 121 cm³/mol. The third-order valence-electron chi connectivity index (χ3n) is 5.12. The summed E-state index contributed by atoms with van der Waals surface area (Å²) >= 11 is 0. The van der Waals surface area contributed by atoms with Gasteiger partial charge in [-0.25, -0.2) is 9.78 Å². The van der Waals surface area contributed by atoms with Crippen LogP contribution >= 0.6 is 0 Å². The summed E-state index contributed by atoms with van der Waals surface area (Å²) in [6, 6.07) is 22.1. The van der Waals surface area contributed by atoms with Gasteiger partial charge in [-0.1, -0.05) is 18.2 Å². The molecule has 0 saturated carbocycles. The summed E-state index contributed by atoms with van der Waals surface area (Å²) in [5, 5.41) is 3.68. The van der Waals surface area contributed by atoms with Crippen molar-refractivity contribution in [2.75, 3.05) is 12.4 Å². The number of carbonyl (C=O) groups excluding carboxylic acids is 1. The second kappa shape index (κ2) is 7.46. The molecule has 2 aromatic heterocycles. The molecule has 0 saturated heterocycles. The maximum Gasteiger partial charge on any atom is 0.323 e. The van der Waals surface area contributed by atoms with E-state index in [-0.39, 0.29) is 11.6 Å². The normalized spacial score (nSPS) is 11.0. The Hall–Kier alpha value is -4.39. The largest absolute Gasteiger partial charge is 0.497 e. The Kier molecular flexibility index (Phi) is 4.48. The lowest BCUT2D eigenvalue weighted by atomic mass is 10.0. The topological polar surface area (TPSA) is 99.9 Å². The molecule has 0 aliphatic rings. The Morgan fingerprint density at radius 1 is 0.935 bits per heavy atom. The minimum absolute atomic E-state index is 0.259. The molecule has 1 amide bonds. The molecular formula is C24H18N4O3. The van der Waals surface area contributed by atoms with Crippen LogP contribution in [-0.4, -0.2) is 28.0 Å². The summed E-state index contributed by atoms with van der Waals surface area (Å²) in [5.74, 6) is 0.492. The molecule has 0 aliphatic carbocycles. The lowest BCUT2D eigenvalue weighted by Gasteiger charge is -2.11. The number of hydrogen-bond acceptors (Lipinski definition) is 4. The van der Waals surface area contributed by atoms with Gasteiger partial charge in [-0.15, -0.1) is 0 Å². The number of rotatable bonds is 4. The maximum atomic E-state index is 13.2. The molecule has 3 N–H and O–H groups in total. The van der Waals surface area contributed by atoms with Crippen LogP contribution in [0.3, 0.4) is 0 Å². The molecule has 7 heteroatoms. The number of para-hydroxylation sites is 1. The van der Waals surface area contributed by atoms with E-state index in [1.165, 1.54) is 0 Å². The monoisotopic (exact) mass is 410 g/mol. The average molecular weight is 410 g/mol. The SMILES string of the molecule is COc1ccc(-c2cc(C(=O)Nc3ccc4[nH]c(=O)[nH]c4c3)c3ccccc3n2)cc1. The second-order valence-electron chi connectivity index (χ2n) is 7.09. The average Bonchev–Trinajstić information content (AvgIpc) is 3.17. The van der Waals surface area contributed by atoms with Crippen molar-refractivity contribution < 1.29 is 9.53 Å². The first-order chi connectivity index (χ1) is 15.1. The van der Waals surface area contributed by atoms with Gasteiger partial charge >= 0.3 is 5.69 Å². The van der Waals surface area contributed by atoms with Gasteiger partial charge in [0.05, 0.1) is 34.9 Å². The molecule has 5 rings (SSSR count). The van der Waals surface area contributed by atoms with Gasteiger partial charge in [-0.05, 0) is 54.6 Å². The van der Waals surface area contributed by atoms with Gasteiger partial charge in [0, 0.05) is 16.6 Å². The number of imidazole rings is 1. The molecule has 5 aromatic rings. The minimum atomic E-state index is -0.289. The fourth-order valence-electron chi connectivity index (χ4n) is 3.58. The number of anilines is 1. The number of pyridine rings is 1. The standard InChI is InChI=1S/C24H18N4O3/c1-31-16-9-6-14(7-10-16)21-13-18(17-4-2-3-5-19(17)26-21)23(29)25-15-8-11-20-22(12-15)28-24(30)27-20/h2-13H,1H3,(H,25,29)(H2,27,28,30). The Bertz CT molecular complexity index is 1480. The van der Waals surface area contributed by atoms with E-state index in [9.17, 15) is 9.59 Å². The first-order valence-electron chi connectivity index (χ1n) is 9.68. The van der Waals surface area contributed by atoms with Crippen molar-refractivity contribution in [3.8, 4) is 17.0 Å². The van der Waals surface area contributed by atoms with Gasteiger partial charge in [0.1, 0.15) is 5.75 Å².